The van der Waals surface area contributed by atoms with E-state index in [1.54, 1.807) is 20.8 Å². The van der Waals surface area contributed by atoms with E-state index >= 15 is 0 Å². The third-order valence-corrected chi connectivity index (χ3v) is 12.6. The van der Waals surface area contributed by atoms with Gasteiger partial charge in [0.15, 0.2) is 23.3 Å². The van der Waals surface area contributed by atoms with Crippen molar-refractivity contribution >= 4 is 23.5 Å². The maximum atomic E-state index is 14.8. The molecule has 6 aliphatic heterocycles. The molecule has 6 heterocycles. The zero-order valence-corrected chi connectivity index (χ0v) is 23.5. The fourth-order valence-electron chi connectivity index (χ4n) is 10.8. The average molecular weight is 577 g/mol. The first-order valence-electron chi connectivity index (χ1n) is 14.7. The molecule has 6 saturated heterocycles. The summed E-state index contributed by atoms with van der Waals surface area (Å²) in [5, 5.41) is 34.5. The number of esters is 2. The molecule has 2 aliphatic carbocycles. The van der Waals surface area contributed by atoms with E-state index in [4.69, 9.17) is 23.7 Å². The van der Waals surface area contributed by atoms with Gasteiger partial charge < -0.3 is 39.0 Å². The predicted molar refractivity (Wildman–Crippen MR) is 132 cm³/mol. The minimum atomic E-state index is -2.36. The Labute approximate surface area is 236 Å². The van der Waals surface area contributed by atoms with Crippen molar-refractivity contribution in [2.24, 2.45) is 29.1 Å². The molecule has 0 aromatic rings. The first-order chi connectivity index (χ1) is 19.1. The quantitative estimate of drug-likeness (QED) is 0.349. The third kappa shape index (κ3) is 2.56. The molecule has 0 aromatic heterocycles. The molecule has 14 atom stereocenters. The van der Waals surface area contributed by atoms with Crippen molar-refractivity contribution in [3.05, 3.63) is 0 Å². The van der Waals surface area contributed by atoms with E-state index in [1.165, 1.54) is 6.92 Å². The van der Waals surface area contributed by atoms with Crippen molar-refractivity contribution in [3.63, 3.8) is 0 Å². The van der Waals surface area contributed by atoms with Crippen LogP contribution in [0.25, 0.3) is 0 Å². The highest BCUT2D eigenvalue weighted by atomic mass is 16.7. The highest BCUT2D eigenvalue weighted by molar-refractivity contribution is 6.01. The Balaban J connectivity index is 1.32. The summed E-state index contributed by atoms with van der Waals surface area (Å²) in [6.07, 6.45) is -2.06. The minimum Gasteiger partial charge on any atom is -0.456 e. The van der Waals surface area contributed by atoms with Gasteiger partial charge in [-0.25, -0.2) is 0 Å². The number of rotatable bonds is 1. The molecule has 41 heavy (non-hydrogen) atoms. The van der Waals surface area contributed by atoms with Gasteiger partial charge >= 0.3 is 11.9 Å². The number of hydrogen-bond donors (Lipinski definition) is 3. The zero-order chi connectivity index (χ0) is 29.3. The number of carbonyl (C=O) groups is 4. The maximum Gasteiger partial charge on any atom is 0.311 e. The van der Waals surface area contributed by atoms with Gasteiger partial charge in [-0.05, 0) is 46.5 Å². The summed E-state index contributed by atoms with van der Waals surface area (Å²) in [5.41, 5.74) is -9.59. The molecule has 3 spiro atoms. The number of fused-ring (bicyclic) bond motifs is 2. The molecule has 8 rings (SSSR count). The molecule has 2 saturated carbocycles. The Morgan fingerprint density at radius 2 is 1.73 bits per heavy atom. The van der Waals surface area contributed by atoms with Crippen LogP contribution in [0.4, 0.5) is 0 Å². The highest BCUT2D eigenvalue weighted by Gasteiger charge is 2.89. The summed E-state index contributed by atoms with van der Waals surface area (Å²) in [6, 6.07) is 0. The number of Topliss-reactive ketones (excluding diaryl/α,β-unsaturated/α-hetero) is 2. The Bertz CT molecular complexity index is 1330. The van der Waals surface area contributed by atoms with Crippen molar-refractivity contribution in [1.82, 2.24) is 0 Å². The van der Waals surface area contributed by atoms with Gasteiger partial charge in [0.2, 0.25) is 5.79 Å². The number of hydrogen-bond acceptors (Lipinski definition) is 12. The van der Waals surface area contributed by atoms with E-state index in [1.807, 2.05) is 0 Å². The molecule has 0 radical (unpaired) electrons. The van der Waals surface area contributed by atoms with Crippen molar-refractivity contribution in [2.45, 2.75) is 118 Å². The molecular formula is C29H36O12. The second kappa shape index (κ2) is 7.22. The number of carbonyl (C=O) groups excluding carboxylic acids is 4. The summed E-state index contributed by atoms with van der Waals surface area (Å²) in [4.78, 5) is 54.4. The topological polar surface area (TPSA) is 175 Å². The smallest absolute Gasteiger partial charge is 0.311 e. The summed E-state index contributed by atoms with van der Waals surface area (Å²) >= 11 is 0. The Morgan fingerprint density at radius 1 is 1.00 bits per heavy atom. The molecule has 224 valence electrons. The van der Waals surface area contributed by atoms with Crippen LogP contribution in [-0.4, -0.2) is 97.5 Å². The van der Waals surface area contributed by atoms with E-state index < -0.39 is 105 Å². The van der Waals surface area contributed by atoms with Crippen LogP contribution in [-0.2, 0) is 42.9 Å². The lowest BCUT2D eigenvalue weighted by molar-refractivity contribution is -0.370. The monoisotopic (exact) mass is 576 g/mol. The van der Waals surface area contributed by atoms with Crippen molar-refractivity contribution in [2.75, 3.05) is 6.61 Å². The van der Waals surface area contributed by atoms with Crippen LogP contribution >= 0.6 is 0 Å². The normalized spacial score (nSPS) is 61.8. The van der Waals surface area contributed by atoms with Crippen LogP contribution in [0.5, 0.6) is 0 Å². The Hall–Kier alpha value is -1.96. The second-order valence-corrected chi connectivity index (χ2v) is 14.6. The highest BCUT2D eigenvalue weighted by Crippen LogP contribution is 2.72. The van der Waals surface area contributed by atoms with Crippen molar-refractivity contribution in [3.8, 4) is 0 Å². The first kappa shape index (κ1) is 26.7. The van der Waals surface area contributed by atoms with E-state index in [9.17, 15) is 34.5 Å². The van der Waals surface area contributed by atoms with E-state index in [0.717, 1.165) is 0 Å². The van der Waals surface area contributed by atoms with Gasteiger partial charge in [-0.3, -0.25) is 19.2 Å². The van der Waals surface area contributed by atoms with E-state index in [-0.39, 0.29) is 32.3 Å². The van der Waals surface area contributed by atoms with Gasteiger partial charge in [0.25, 0.3) is 0 Å². The van der Waals surface area contributed by atoms with E-state index in [2.05, 4.69) is 0 Å². The maximum absolute atomic E-state index is 14.8. The molecule has 0 amide bonds. The Morgan fingerprint density at radius 3 is 2.44 bits per heavy atom. The number of ether oxygens (including phenoxy) is 5. The number of ketones is 2. The lowest BCUT2D eigenvalue weighted by Crippen LogP contribution is -2.75. The molecule has 12 heteroatoms. The lowest BCUT2D eigenvalue weighted by atomic mass is 9.59. The van der Waals surface area contributed by atoms with Gasteiger partial charge in [-0.15, -0.1) is 0 Å². The summed E-state index contributed by atoms with van der Waals surface area (Å²) in [7, 11) is 0. The Kier molecular flexibility index (Phi) is 4.69. The van der Waals surface area contributed by atoms with Crippen molar-refractivity contribution in [1.29, 1.82) is 0 Å². The van der Waals surface area contributed by atoms with Crippen LogP contribution in [0.1, 0.15) is 66.2 Å². The fraction of sp³-hybridized carbons (Fsp3) is 0.862. The summed E-state index contributed by atoms with van der Waals surface area (Å²) in [5.74, 6) is -7.77. The standard InChI is InChI=1S/C29H36O12/c1-12-17-19(37-20(12)33)28(36)21-23(2,22(34)25(28,4)35)7-8-26-10-27-14(6-5-13(26)18(32)29(21,40-17)41-26)24(3,11-30)38-15(27)9-16(31)39-27/h12-15,17,19,21,30,35-36H,5-11H2,1-4H3. The van der Waals surface area contributed by atoms with Gasteiger partial charge in [-0.2, -0.15) is 0 Å². The average Bonchev–Trinajstić information content (AvgIpc) is 3.47. The first-order valence-corrected chi connectivity index (χ1v) is 14.7. The molecule has 8 aliphatic rings. The van der Waals surface area contributed by atoms with Crippen LogP contribution in [0.2, 0.25) is 0 Å². The minimum absolute atomic E-state index is 0.00455. The molecule has 14 unspecified atom stereocenters. The molecule has 8 fully saturated rings. The molecule has 3 N–H and O–H groups in total. The van der Waals surface area contributed by atoms with Crippen molar-refractivity contribution < 1.29 is 58.2 Å². The predicted octanol–water partition coefficient (Wildman–Crippen LogP) is -0.286. The molecule has 12 nitrogen and oxygen atoms in total. The largest absolute Gasteiger partial charge is 0.456 e. The lowest BCUT2D eigenvalue weighted by Gasteiger charge is -2.54. The summed E-state index contributed by atoms with van der Waals surface area (Å²) < 4.78 is 31.4. The van der Waals surface area contributed by atoms with Crippen LogP contribution in [0, 0.1) is 29.1 Å². The molecular weight excluding hydrogens is 540 g/mol. The van der Waals surface area contributed by atoms with Gasteiger partial charge in [0.1, 0.15) is 23.4 Å². The molecule has 2 bridgehead atoms. The number of aliphatic hydroxyl groups excluding tert-OH is 1. The van der Waals surface area contributed by atoms with Gasteiger partial charge in [-0.1, -0.05) is 6.92 Å². The van der Waals surface area contributed by atoms with Crippen LogP contribution < -0.4 is 0 Å². The van der Waals surface area contributed by atoms with E-state index in [0.29, 0.717) is 12.8 Å². The summed E-state index contributed by atoms with van der Waals surface area (Å²) in [6.45, 7) is 5.88. The van der Waals surface area contributed by atoms with Gasteiger partial charge in [0.05, 0.1) is 42.0 Å². The fourth-order valence-corrected chi connectivity index (χ4v) is 10.8. The zero-order valence-electron chi connectivity index (χ0n) is 23.5. The van der Waals surface area contributed by atoms with Crippen LogP contribution in [0.15, 0.2) is 0 Å². The number of aliphatic hydroxyl groups is 3. The SMILES string of the molecule is CC1C(=O)OC2C1OC13OC4(CCC5(C)C(=O)C(C)(O)C2(O)C51)CC12OC(=O)CC1OC(C)(CO)C2CCC4C3=O. The third-order valence-electron chi connectivity index (χ3n) is 12.6. The van der Waals surface area contributed by atoms with Crippen LogP contribution in [0.3, 0.4) is 0 Å². The molecule has 0 aromatic carbocycles. The van der Waals surface area contributed by atoms with Gasteiger partial charge in [0, 0.05) is 17.8 Å². The second-order valence-electron chi connectivity index (χ2n) is 14.6.